The lowest BCUT2D eigenvalue weighted by Gasteiger charge is -2.07. The van der Waals surface area contributed by atoms with Gasteiger partial charge >= 0.3 is 0 Å². The second-order valence-electron chi connectivity index (χ2n) is 4.05. The summed E-state index contributed by atoms with van der Waals surface area (Å²) in [6.45, 7) is 0. The zero-order chi connectivity index (χ0) is 14.9. The van der Waals surface area contributed by atoms with Crippen molar-refractivity contribution in [1.82, 2.24) is 0 Å². The molecule has 104 valence electrons. The number of hydrogen-bond donors (Lipinski definition) is 0. The summed E-state index contributed by atoms with van der Waals surface area (Å²) in [4.78, 5) is 12.0. The molecule has 0 N–H and O–H groups in total. The lowest BCUT2D eigenvalue weighted by atomic mass is 10.0. The summed E-state index contributed by atoms with van der Waals surface area (Å²) in [5.74, 6) is -3.24. The lowest BCUT2D eigenvalue weighted by Crippen LogP contribution is -2.09. The molecule has 0 saturated heterocycles. The summed E-state index contributed by atoms with van der Waals surface area (Å²) >= 11 is 8.80. The van der Waals surface area contributed by atoms with E-state index in [2.05, 4.69) is 15.9 Å². The van der Waals surface area contributed by atoms with Crippen LogP contribution in [0, 0.1) is 17.5 Å². The number of benzene rings is 2. The van der Waals surface area contributed by atoms with Crippen LogP contribution in [-0.2, 0) is 6.42 Å². The highest BCUT2D eigenvalue weighted by Gasteiger charge is 2.18. The van der Waals surface area contributed by atoms with Gasteiger partial charge in [-0.1, -0.05) is 17.7 Å². The summed E-state index contributed by atoms with van der Waals surface area (Å²) in [5.41, 5.74) is -0.697. The van der Waals surface area contributed by atoms with Crippen molar-refractivity contribution >= 4 is 33.3 Å². The van der Waals surface area contributed by atoms with Crippen molar-refractivity contribution in [3.63, 3.8) is 0 Å². The summed E-state index contributed by atoms with van der Waals surface area (Å²) < 4.78 is 40.9. The summed E-state index contributed by atoms with van der Waals surface area (Å²) in [6.07, 6.45) is -0.576. The quantitative estimate of drug-likeness (QED) is 0.557. The van der Waals surface area contributed by atoms with Crippen molar-refractivity contribution in [2.45, 2.75) is 6.42 Å². The van der Waals surface area contributed by atoms with Gasteiger partial charge in [0, 0.05) is 16.5 Å². The molecule has 2 aromatic rings. The van der Waals surface area contributed by atoms with Gasteiger partial charge in [0.1, 0.15) is 17.5 Å². The fourth-order valence-corrected chi connectivity index (χ4v) is 2.17. The fraction of sp³-hybridized carbons (Fsp3) is 0.0714. The Morgan fingerprint density at radius 2 is 1.70 bits per heavy atom. The van der Waals surface area contributed by atoms with E-state index in [-0.39, 0.29) is 10.6 Å². The zero-order valence-electron chi connectivity index (χ0n) is 9.89. The van der Waals surface area contributed by atoms with Crippen LogP contribution in [0.5, 0.6) is 0 Å². The van der Waals surface area contributed by atoms with E-state index in [1.807, 2.05) is 0 Å². The number of ketones is 1. The van der Waals surface area contributed by atoms with E-state index in [0.29, 0.717) is 4.47 Å². The molecule has 0 saturated carbocycles. The first-order valence-corrected chi connectivity index (χ1v) is 6.68. The fourth-order valence-electron chi connectivity index (χ4n) is 1.69. The number of Topliss-reactive ketones (excluding diaryl/α,β-unsaturated/α-hetero) is 1. The third kappa shape index (κ3) is 3.04. The van der Waals surface area contributed by atoms with Crippen molar-refractivity contribution in [2.75, 3.05) is 0 Å². The van der Waals surface area contributed by atoms with Crippen LogP contribution >= 0.6 is 27.5 Å². The standard InChI is InChI=1S/C14H7BrClF3O/c15-9-6-13(19)8(4-10(9)16)14(20)5-7-11(17)2-1-3-12(7)18/h1-4,6H,5H2. The van der Waals surface area contributed by atoms with Gasteiger partial charge in [0.05, 0.1) is 10.6 Å². The van der Waals surface area contributed by atoms with Gasteiger partial charge in [-0.3, -0.25) is 4.79 Å². The third-order valence-corrected chi connectivity index (χ3v) is 3.91. The van der Waals surface area contributed by atoms with Gasteiger partial charge in [-0.2, -0.15) is 0 Å². The minimum absolute atomic E-state index is 0.142. The van der Waals surface area contributed by atoms with E-state index in [1.54, 1.807) is 0 Å². The third-order valence-electron chi connectivity index (χ3n) is 2.71. The van der Waals surface area contributed by atoms with Gasteiger partial charge in [0.25, 0.3) is 0 Å². The molecule has 0 aliphatic rings. The van der Waals surface area contributed by atoms with Gasteiger partial charge in [-0.15, -0.1) is 0 Å². The predicted molar refractivity (Wildman–Crippen MR) is 73.5 cm³/mol. The van der Waals surface area contributed by atoms with Crippen LogP contribution in [0.4, 0.5) is 13.2 Å². The van der Waals surface area contributed by atoms with Crippen LogP contribution in [-0.4, -0.2) is 5.78 Å². The second kappa shape index (κ2) is 5.97. The molecular formula is C14H7BrClF3O. The number of hydrogen-bond acceptors (Lipinski definition) is 1. The maximum atomic E-state index is 13.7. The Kier molecular flexibility index (Phi) is 4.50. The Labute approximate surface area is 126 Å². The predicted octanol–water partition coefficient (Wildman–Crippen LogP) is 4.95. The van der Waals surface area contributed by atoms with E-state index in [4.69, 9.17) is 11.6 Å². The molecule has 0 spiro atoms. The first-order valence-electron chi connectivity index (χ1n) is 5.50. The maximum absolute atomic E-state index is 13.7. The second-order valence-corrected chi connectivity index (χ2v) is 5.31. The Hall–Kier alpha value is -1.33. The SMILES string of the molecule is O=C(Cc1c(F)cccc1F)c1cc(Cl)c(Br)cc1F. The first-order chi connectivity index (χ1) is 9.40. The largest absolute Gasteiger partial charge is 0.294 e. The molecule has 0 aromatic heterocycles. The topological polar surface area (TPSA) is 17.1 Å². The van der Waals surface area contributed by atoms with Gasteiger partial charge in [0.2, 0.25) is 0 Å². The molecule has 2 rings (SSSR count). The van der Waals surface area contributed by atoms with Gasteiger partial charge in [-0.25, -0.2) is 13.2 Å². The number of rotatable bonds is 3. The smallest absolute Gasteiger partial charge is 0.170 e. The van der Waals surface area contributed by atoms with E-state index < -0.39 is 35.2 Å². The molecule has 2 aromatic carbocycles. The molecule has 1 nitrogen and oxygen atoms in total. The highest BCUT2D eigenvalue weighted by molar-refractivity contribution is 9.10. The Bertz CT molecular complexity index is 668. The number of carbonyl (C=O) groups is 1. The molecule has 0 atom stereocenters. The average molecular weight is 364 g/mol. The van der Waals surface area contributed by atoms with Crippen molar-refractivity contribution in [3.05, 3.63) is 68.4 Å². The highest BCUT2D eigenvalue weighted by atomic mass is 79.9. The molecule has 0 radical (unpaired) electrons. The lowest BCUT2D eigenvalue weighted by molar-refractivity contribution is 0.0986. The van der Waals surface area contributed by atoms with E-state index in [9.17, 15) is 18.0 Å². The molecule has 0 aliphatic heterocycles. The van der Waals surface area contributed by atoms with E-state index in [1.165, 1.54) is 6.07 Å². The Morgan fingerprint density at radius 3 is 2.30 bits per heavy atom. The maximum Gasteiger partial charge on any atom is 0.170 e. The van der Waals surface area contributed by atoms with Crippen LogP contribution in [0.2, 0.25) is 5.02 Å². The molecule has 0 fully saturated rings. The monoisotopic (exact) mass is 362 g/mol. The van der Waals surface area contributed by atoms with E-state index in [0.717, 1.165) is 24.3 Å². The average Bonchev–Trinajstić information content (AvgIpc) is 2.38. The molecule has 0 unspecified atom stereocenters. The highest BCUT2D eigenvalue weighted by Crippen LogP contribution is 2.27. The molecular weight excluding hydrogens is 357 g/mol. The van der Waals surface area contributed by atoms with Gasteiger partial charge in [-0.05, 0) is 40.2 Å². The van der Waals surface area contributed by atoms with E-state index >= 15 is 0 Å². The normalized spacial score (nSPS) is 10.7. The number of halogens is 5. The summed E-state index contributed by atoms with van der Waals surface area (Å²) in [7, 11) is 0. The van der Waals surface area contributed by atoms with Crippen LogP contribution in [0.1, 0.15) is 15.9 Å². The minimum Gasteiger partial charge on any atom is -0.294 e. The van der Waals surface area contributed by atoms with Gasteiger partial charge < -0.3 is 0 Å². The molecule has 0 aliphatic carbocycles. The molecule has 0 amide bonds. The van der Waals surface area contributed by atoms with Crippen molar-refractivity contribution in [3.8, 4) is 0 Å². The Balaban J connectivity index is 2.36. The molecule has 0 bridgehead atoms. The first kappa shape index (κ1) is 15.1. The van der Waals surface area contributed by atoms with Crippen LogP contribution < -0.4 is 0 Å². The van der Waals surface area contributed by atoms with Gasteiger partial charge in [0.15, 0.2) is 5.78 Å². The van der Waals surface area contributed by atoms with Crippen molar-refractivity contribution in [1.29, 1.82) is 0 Å². The summed E-state index contributed by atoms with van der Waals surface area (Å²) in [5, 5.41) is 0.142. The molecule has 6 heteroatoms. The molecule has 0 heterocycles. The Morgan fingerprint density at radius 1 is 1.10 bits per heavy atom. The van der Waals surface area contributed by atoms with Crippen LogP contribution in [0.15, 0.2) is 34.8 Å². The minimum atomic E-state index is -0.845. The zero-order valence-corrected chi connectivity index (χ0v) is 12.2. The van der Waals surface area contributed by atoms with Crippen molar-refractivity contribution < 1.29 is 18.0 Å². The molecule has 20 heavy (non-hydrogen) atoms. The van der Waals surface area contributed by atoms with Crippen LogP contribution in [0.25, 0.3) is 0 Å². The van der Waals surface area contributed by atoms with Crippen molar-refractivity contribution in [2.24, 2.45) is 0 Å². The van der Waals surface area contributed by atoms with Crippen LogP contribution in [0.3, 0.4) is 0 Å². The number of carbonyl (C=O) groups excluding carboxylic acids is 1. The summed E-state index contributed by atoms with van der Waals surface area (Å²) in [6, 6.07) is 5.43.